The SMILES string of the molecule is CC(=O)NC[C@H]1CN(c2ccc(N3CCN(C(NC(C)=O)C(Cl)(Cl)Cl)CC3)c(F)c2)C(=O)O1. The van der Waals surface area contributed by atoms with E-state index in [0.29, 0.717) is 37.6 Å². The van der Waals surface area contributed by atoms with E-state index in [4.69, 9.17) is 39.5 Å². The number of nitrogens with one attached hydrogen (secondary N) is 2. The van der Waals surface area contributed by atoms with Crippen LogP contribution >= 0.6 is 34.8 Å². The topological polar surface area (TPSA) is 94.2 Å². The summed E-state index contributed by atoms with van der Waals surface area (Å²) >= 11 is 18.1. The molecule has 2 aliphatic heterocycles. The first-order chi connectivity index (χ1) is 15.5. The molecule has 2 saturated heterocycles. The molecule has 1 unspecified atom stereocenters. The van der Waals surface area contributed by atoms with Crippen LogP contribution in [0.2, 0.25) is 0 Å². The Morgan fingerprint density at radius 2 is 1.85 bits per heavy atom. The second kappa shape index (κ2) is 10.5. The van der Waals surface area contributed by atoms with Gasteiger partial charge >= 0.3 is 6.09 Å². The fourth-order valence-electron chi connectivity index (χ4n) is 3.81. The van der Waals surface area contributed by atoms with Crippen molar-refractivity contribution >= 4 is 64.1 Å². The molecule has 2 N–H and O–H groups in total. The summed E-state index contributed by atoms with van der Waals surface area (Å²) in [6.07, 6.45) is -1.91. The normalized spacial score (nSPS) is 20.4. The summed E-state index contributed by atoms with van der Waals surface area (Å²) in [6.45, 7) is 4.87. The minimum absolute atomic E-state index is 0.191. The number of carbonyl (C=O) groups excluding carboxylic acids is 3. The molecule has 0 aliphatic carbocycles. The van der Waals surface area contributed by atoms with Gasteiger partial charge in [-0.3, -0.25) is 19.4 Å². The minimum atomic E-state index is -1.72. The highest BCUT2D eigenvalue weighted by Gasteiger charge is 2.39. The van der Waals surface area contributed by atoms with Crippen molar-refractivity contribution in [2.24, 2.45) is 0 Å². The number of amides is 3. The van der Waals surface area contributed by atoms with Gasteiger partial charge in [0.2, 0.25) is 15.6 Å². The summed E-state index contributed by atoms with van der Waals surface area (Å²) in [7, 11) is 0. The van der Waals surface area contributed by atoms with Gasteiger partial charge in [-0.2, -0.15) is 0 Å². The van der Waals surface area contributed by atoms with Gasteiger partial charge in [-0.15, -0.1) is 0 Å². The third-order valence-corrected chi connectivity index (χ3v) is 5.99. The molecular formula is C20H25Cl3FN5O4. The van der Waals surface area contributed by atoms with E-state index < -0.39 is 28.0 Å². The number of hydrogen-bond acceptors (Lipinski definition) is 6. The van der Waals surface area contributed by atoms with Crippen molar-refractivity contribution < 1.29 is 23.5 Å². The van der Waals surface area contributed by atoms with E-state index in [9.17, 15) is 18.8 Å². The van der Waals surface area contributed by atoms with E-state index in [1.54, 1.807) is 12.1 Å². The molecule has 2 heterocycles. The lowest BCUT2D eigenvalue weighted by Gasteiger charge is -2.42. The lowest BCUT2D eigenvalue weighted by Crippen LogP contribution is -2.60. The Balaban J connectivity index is 1.64. The van der Waals surface area contributed by atoms with E-state index in [1.807, 2.05) is 9.80 Å². The number of ether oxygens (including phenoxy) is 1. The van der Waals surface area contributed by atoms with Gasteiger partial charge in [0.05, 0.1) is 24.5 Å². The summed E-state index contributed by atoms with van der Waals surface area (Å²) < 4.78 is 18.5. The highest BCUT2D eigenvalue weighted by Crippen LogP contribution is 2.34. The van der Waals surface area contributed by atoms with Crippen LogP contribution in [0, 0.1) is 5.82 Å². The Kier molecular flexibility index (Phi) is 8.15. The zero-order valence-electron chi connectivity index (χ0n) is 18.1. The van der Waals surface area contributed by atoms with Crippen molar-refractivity contribution in [3.63, 3.8) is 0 Å². The van der Waals surface area contributed by atoms with Crippen molar-refractivity contribution in [3.8, 4) is 0 Å². The van der Waals surface area contributed by atoms with Crippen LogP contribution in [-0.2, 0) is 14.3 Å². The molecule has 3 rings (SSSR count). The first kappa shape index (κ1) is 25.6. The van der Waals surface area contributed by atoms with E-state index in [-0.39, 0.29) is 24.9 Å². The van der Waals surface area contributed by atoms with Crippen molar-refractivity contribution in [2.75, 3.05) is 49.1 Å². The molecule has 2 aliphatic rings. The lowest BCUT2D eigenvalue weighted by atomic mass is 10.2. The van der Waals surface area contributed by atoms with Crippen LogP contribution in [0.4, 0.5) is 20.6 Å². The van der Waals surface area contributed by atoms with Gasteiger partial charge in [0.1, 0.15) is 18.1 Å². The molecule has 9 nitrogen and oxygen atoms in total. The second-order valence-electron chi connectivity index (χ2n) is 7.86. The number of rotatable bonds is 6. The third-order valence-electron chi connectivity index (χ3n) is 5.37. The van der Waals surface area contributed by atoms with E-state index in [0.717, 1.165) is 0 Å². The summed E-state index contributed by atoms with van der Waals surface area (Å²) in [6, 6.07) is 4.54. The maximum atomic E-state index is 15.0. The highest BCUT2D eigenvalue weighted by molar-refractivity contribution is 6.68. The van der Waals surface area contributed by atoms with Crippen LogP contribution in [0.5, 0.6) is 0 Å². The second-order valence-corrected chi connectivity index (χ2v) is 10.2. The van der Waals surface area contributed by atoms with Gasteiger partial charge in [-0.25, -0.2) is 9.18 Å². The standard InChI is InChI=1S/C20H25Cl3FN5O4/c1-12(30)25-10-15-11-29(19(32)33-15)14-3-4-17(16(24)9-14)27-5-7-28(8-6-27)18(20(21,22)23)26-13(2)31/h3-4,9,15,18H,5-8,10-11H2,1-2H3,(H,25,30)(H,26,31)/t15-,18?/m0/s1. The van der Waals surface area contributed by atoms with Crippen LogP contribution in [0.25, 0.3) is 0 Å². The van der Waals surface area contributed by atoms with Gasteiger partial charge in [0.25, 0.3) is 0 Å². The number of alkyl halides is 3. The molecule has 1 aromatic carbocycles. The van der Waals surface area contributed by atoms with E-state index in [2.05, 4.69) is 10.6 Å². The van der Waals surface area contributed by atoms with Crippen LogP contribution in [0.3, 0.4) is 0 Å². The van der Waals surface area contributed by atoms with Crippen LogP contribution in [-0.4, -0.2) is 78.1 Å². The molecule has 0 saturated carbocycles. The third kappa shape index (κ3) is 6.53. The number of piperazine rings is 1. The fourth-order valence-corrected chi connectivity index (χ4v) is 4.39. The first-order valence-corrected chi connectivity index (χ1v) is 11.4. The number of nitrogens with zero attached hydrogens (tertiary/aromatic N) is 3. The number of cyclic esters (lactones) is 1. The predicted octanol–water partition coefficient (Wildman–Crippen LogP) is 2.24. The molecule has 2 fully saturated rings. The molecule has 2 atom stereocenters. The van der Waals surface area contributed by atoms with Crippen LogP contribution in [0.15, 0.2) is 18.2 Å². The van der Waals surface area contributed by atoms with Gasteiger partial charge in [-0.1, -0.05) is 34.8 Å². The van der Waals surface area contributed by atoms with Gasteiger partial charge in [0, 0.05) is 40.0 Å². The zero-order valence-corrected chi connectivity index (χ0v) is 20.4. The molecule has 0 aromatic heterocycles. The van der Waals surface area contributed by atoms with Gasteiger partial charge in [0.15, 0.2) is 0 Å². The zero-order chi connectivity index (χ0) is 24.3. The van der Waals surface area contributed by atoms with E-state index in [1.165, 1.54) is 24.8 Å². The molecule has 3 amide bonds. The molecule has 1 aromatic rings. The minimum Gasteiger partial charge on any atom is -0.442 e. The molecule has 13 heteroatoms. The summed E-state index contributed by atoms with van der Waals surface area (Å²) in [5.41, 5.74) is 0.748. The number of halogens is 4. The Morgan fingerprint density at radius 1 is 1.18 bits per heavy atom. The van der Waals surface area contributed by atoms with Crippen molar-refractivity contribution in [1.29, 1.82) is 0 Å². The van der Waals surface area contributed by atoms with Crippen molar-refractivity contribution in [2.45, 2.75) is 29.9 Å². The van der Waals surface area contributed by atoms with Crippen LogP contribution < -0.4 is 20.4 Å². The first-order valence-electron chi connectivity index (χ1n) is 10.3. The monoisotopic (exact) mass is 523 g/mol. The number of carbonyl (C=O) groups is 3. The molecule has 0 radical (unpaired) electrons. The number of anilines is 2. The van der Waals surface area contributed by atoms with Gasteiger partial charge in [-0.05, 0) is 18.2 Å². The Morgan fingerprint density at radius 3 is 2.39 bits per heavy atom. The molecular weight excluding hydrogens is 500 g/mol. The van der Waals surface area contributed by atoms with Crippen LogP contribution in [0.1, 0.15) is 13.8 Å². The fraction of sp³-hybridized carbons (Fsp3) is 0.550. The number of hydrogen-bond donors (Lipinski definition) is 2. The maximum absolute atomic E-state index is 15.0. The quantitative estimate of drug-likeness (QED) is 0.555. The van der Waals surface area contributed by atoms with E-state index >= 15 is 0 Å². The summed E-state index contributed by atoms with van der Waals surface area (Å²) in [5.74, 6) is -1.04. The smallest absolute Gasteiger partial charge is 0.414 e. The van der Waals surface area contributed by atoms with Crippen molar-refractivity contribution in [3.05, 3.63) is 24.0 Å². The largest absolute Gasteiger partial charge is 0.442 e. The molecule has 33 heavy (non-hydrogen) atoms. The Labute approximate surface area is 206 Å². The van der Waals surface area contributed by atoms with Crippen molar-refractivity contribution in [1.82, 2.24) is 15.5 Å². The molecule has 0 spiro atoms. The highest BCUT2D eigenvalue weighted by atomic mass is 35.6. The van der Waals surface area contributed by atoms with Gasteiger partial charge < -0.3 is 20.3 Å². The lowest BCUT2D eigenvalue weighted by molar-refractivity contribution is -0.121. The summed E-state index contributed by atoms with van der Waals surface area (Å²) in [4.78, 5) is 39.7. The molecule has 0 bridgehead atoms. The summed E-state index contributed by atoms with van der Waals surface area (Å²) in [5, 5.41) is 5.24. The predicted molar refractivity (Wildman–Crippen MR) is 124 cm³/mol. The average molecular weight is 525 g/mol. The Bertz CT molecular complexity index is 908. The molecule has 182 valence electrons. The number of benzene rings is 1. The average Bonchev–Trinajstić information content (AvgIpc) is 3.10. The maximum Gasteiger partial charge on any atom is 0.414 e. The Hall–Kier alpha value is -2.01.